The first-order valence-electron chi connectivity index (χ1n) is 8.64. The molecule has 0 bridgehead atoms. The zero-order valence-corrected chi connectivity index (χ0v) is 15.2. The van der Waals surface area contributed by atoms with Crippen LogP contribution in [0.25, 0.3) is 11.0 Å². The van der Waals surface area contributed by atoms with Gasteiger partial charge in [-0.2, -0.15) is 0 Å². The van der Waals surface area contributed by atoms with E-state index in [-0.39, 0.29) is 23.0 Å². The summed E-state index contributed by atoms with van der Waals surface area (Å²) in [6, 6.07) is 8.51. The van der Waals surface area contributed by atoms with Gasteiger partial charge in [0.05, 0.1) is 0 Å². The highest BCUT2D eigenvalue weighted by Crippen LogP contribution is 2.15. The number of rotatable bonds is 1. The third-order valence-electron chi connectivity index (χ3n) is 4.21. The van der Waals surface area contributed by atoms with Crippen molar-refractivity contribution in [3.63, 3.8) is 0 Å². The molecule has 1 aliphatic heterocycles. The van der Waals surface area contributed by atoms with E-state index in [4.69, 9.17) is 4.42 Å². The first-order chi connectivity index (χ1) is 12.2. The first-order valence-corrected chi connectivity index (χ1v) is 8.64. The van der Waals surface area contributed by atoms with E-state index in [0.29, 0.717) is 37.1 Å². The molecule has 1 saturated heterocycles. The smallest absolute Gasteiger partial charge is 0.349 e. The fraction of sp³-hybridized carbons (Fsp3) is 0.421. The molecule has 0 aliphatic carbocycles. The van der Waals surface area contributed by atoms with Crippen LogP contribution in [0.15, 0.2) is 39.5 Å². The summed E-state index contributed by atoms with van der Waals surface area (Å²) in [6.07, 6.45) is 0. The van der Waals surface area contributed by atoms with Gasteiger partial charge in [-0.15, -0.1) is 0 Å². The Morgan fingerprint density at radius 2 is 1.65 bits per heavy atom. The average Bonchev–Trinajstić information content (AvgIpc) is 2.59. The molecule has 1 fully saturated rings. The molecule has 3 rings (SSSR count). The molecule has 26 heavy (non-hydrogen) atoms. The monoisotopic (exact) mass is 357 g/mol. The second-order valence-electron chi connectivity index (χ2n) is 7.44. The Morgan fingerprint density at radius 3 is 2.31 bits per heavy atom. The molecule has 0 unspecified atom stereocenters. The van der Waals surface area contributed by atoms with Crippen molar-refractivity contribution in [3.8, 4) is 0 Å². The van der Waals surface area contributed by atoms with Gasteiger partial charge < -0.3 is 19.5 Å². The van der Waals surface area contributed by atoms with Crippen LogP contribution in [0.4, 0.5) is 4.79 Å². The lowest BCUT2D eigenvalue weighted by molar-refractivity contribution is 0.0657. The number of nitrogens with one attached hydrogen (secondary N) is 1. The summed E-state index contributed by atoms with van der Waals surface area (Å²) in [7, 11) is 0. The zero-order chi connectivity index (χ0) is 18.9. The predicted octanol–water partition coefficient (Wildman–Crippen LogP) is 2.06. The van der Waals surface area contributed by atoms with Crippen molar-refractivity contribution < 1.29 is 14.0 Å². The van der Waals surface area contributed by atoms with Gasteiger partial charge in [-0.1, -0.05) is 18.2 Å². The van der Waals surface area contributed by atoms with Crippen molar-refractivity contribution in [2.75, 3.05) is 26.2 Å². The van der Waals surface area contributed by atoms with Crippen LogP contribution in [-0.2, 0) is 0 Å². The number of carbonyl (C=O) groups is 2. The van der Waals surface area contributed by atoms with E-state index in [1.807, 2.05) is 26.8 Å². The first kappa shape index (κ1) is 18.0. The average molecular weight is 357 g/mol. The molecule has 7 heteroatoms. The quantitative estimate of drug-likeness (QED) is 0.792. The van der Waals surface area contributed by atoms with E-state index in [0.717, 1.165) is 0 Å². The van der Waals surface area contributed by atoms with Crippen LogP contribution in [0, 0.1) is 0 Å². The van der Waals surface area contributed by atoms with E-state index in [2.05, 4.69) is 5.32 Å². The van der Waals surface area contributed by atoms with Crippen molar-refractivity contribution in [2.24, 2.45) is 0 Å². The number of urea groups is 1. The van der Waals surface area contributed by atoms with Gasteiger partial charge in [0.1, 0.15) is 11.1 Å². The van der Waals surface area contributed by atoms with Gasteiger partial charge in [0, 0.05) is 37.1 Å². The van der Waals surface area contributed by atoms with Gasteiger partial charge in [-0.25, -0.2) is 9.59 Å². The molecule has 0 atom stereocenters. The number of hydrogen-bond donors (Lipinski definition) is 1. The summed E-state index contributed by atoms with van der Waals surface area (Å²) in [5.41, 5.74) is -0.468. The fourth-order valence-electron chi connectivity index (χ4n) is 2.89. The van der Waals surface area contributed by atoms with Crippen LogP contribution in [0.5, 0.6) is 0 Å². The lowest BCUT2D eigenvalue weighted by atomic mass is 10.1. The maximum atomic E-state index is 12.7. The molecule has 1 aromatic carbocycles. The van der Waals surface area contributed by atoms with E-state index >= 15 is 0 Å². The second-order valence-corrected chi connectivity index (χ2v) is 7.44. The van der Waals surface area contributed by atoms with Crippen LogP contribution in [0.2, 0.25) is 0 Å². The van der Waals surface area contributed by atoms with Crippen molar-refractivity contribution in [1.29, 1.82) is 0 Å². The van der Waals surface area contributed by atoms with Crippen molar-refractivity contribution in [3.05, 3.63) is 46.3 Å². The molecule has 2 aromatic rings. The summed E-state index contributed by atoms with van der Waals surface area (Å²) in [4.78, 5) is 40.3. The molecule has 0 spiro atoms. The number of nitrogens with zero attached hydrogens (tertiary/aromatic N) is 2. The summed E-state index contributed by atoms with van der Waals surface area (Å²) < 4.78 is 5.24. The summed E-state index contributed by atoms with van der Waals surface area (Å²) in [6.45, 7) is 7.36. The number of piperazine rings is 1. The normalized spacial score (nSPS) is 15.2. The van der Waals surface area contributed by atoms with Crippen LogP contribution in [0.3, 0.4) is 0 Å². The molecule has 7 nitrogen and oxygen atoms in total. The third-order valence-corrected chi connectivity index (χ3v) is 4.21. The SMILES string of the molecule is CC(C)(C)NC(=O)N1CCN(C(=O)c2cc3ccccc3oc2=O)CC1. The molecule has 1 aliphatic rings. The molecule has 3 amide bonds. The molecule has 1 N–H and O–H groups in total. The van der Waals surface area contributed by atoms with E-state index < -0.39 is 5.63 Å². The van der Waals surface area contributed by atoms with Crippen molar-refractivity contribution in [1.82, 2.24) is 15.1 Å². The topological polar surface area (TPSA) is 82.9 Å². The number of hydrogen-bond acceptors (Lipinski definition) is 4. The van der Waals surface area contributed by atoms with Crippen molar-refractivity contribution >= 4 is 22.9 Å². The fourth-order valence-corrected chi connectivity index (χ4v) is 2.89. The Labute approximate surface area is 151 Å². The number of para-hydroxylation sites is 1. The van der Waals surface area contributed by atoms with Gasteiger partial charge in [0.15, 0.2) is 0 Å². The number of carbonyl (C=O) groups excluding carboxylic acids is 2. The molecule has 138 valence electrons. The highest BCUT2D eigenvalue weighted by Gasteiger charge is 2.28. The van der Waals surface area contributed by atoms with E-state index in [1.165, 1.54) is 0 Å². The van der Waals surface area contributed by atoms with Crippen LogP contribution in [0.1, 0.15) is 31.1 Å². The summed E-state index contributed by atoms with van der Waals surface area (Å²) in [5, 5.41) is 3.62. The lowest BCUT2D eigenvalue weighted by Crippen LogP contribution is -2.56. The second kappa shape index (κ2) is 6.82. The lowest BCUT2D eigenvalue weighted by Gasteiger charge is -2.36. The molecule has 1 aromatic heterocycles. The summed E-state index contributed by atoms with van der Waals surface area (Å²) >= 11 is 0. The Hall–Kier alpha value is -2.83. The van der Waals surface area contributed by atoms with Crippen LogP contribution in [-0.4, -0.2) is 53.5 Å². The van der Waals surface area contributed by atoms with Crippen molar-refractivity contribution in [2.45, 2.75) is 26.3 Å². The maximum absolute atomic E-state index is 12.7. The van der Waals surface area contributed by atoms with Gasteiger partial charge in [0.2, 0.25) is 0 Å². The number of amides is 3. The number of benzene rings is 1. The Morgan fingerprint density at radius 1 is 1.04 bits per heavy atom. The molecule has 0 saturated carbocycles. The molecular weight excluding hydrogens is 334 g/mol. The highest BCUT2D eigenvalue weighted by atomic mass is 16.4. The third kappa shape index (κ3) is 3.87. The van der Waals surface area contributed by atoms with Gasteiger partial charge >= 0.3 is 11.7 Å². The molecule has 2 heterocycles. The Balaban J connectivity index is 1.70. The molecule has 0 radical (unpaired) electrons. The standard InChI is InChI=1S/C19H23N3O4/c1-19(2,3)20-18(25)22-10-8-21(9-11-22)16(23)14-12-13-6-4-5-7-15(13)26-17(14)24/h4-7,12H,8-11H2,1-3H3,(H,20,25). The largest absolute Gasteiger partial charge is 0.422 e. The predicted molar refractivity (Wildman–Crippen MR) is 98.2 cm³/mol. The zero-order valence-electron chi connectivity index (χ0n) is 15.2. The maximum Gasteiger partial charge on any atom is 0.349 e. The Kier molecular flexibility index (Phi) is 4.71. The Bertz CT molecular complexity index is 890. The molecular formula is C19H23N3O4. The van der Waals surface area contributed by atoms with Gasteiger partial charge in [-0.05, 0) is 32.9 Å². The number of fused-ring (bicyclic) bond motifs is 1. The van der Waals surface area contributed by atoms with Crippen LogP contribution < -0.4 is 10.9 Å². The highest BCUT2D eigenvalue weighted by molar-refractivity contribution is 5.96. The van der Waals surface area contributed by atoms with Gasteiger partial charge in [-0.3, -0.25) is 4.79 Å². The van der Waals surface area contributed by atoms with E-state index in [9.17, 15) is 14.4 Å². The van der Waals surface area contributed by atoms with Crippen LogP contribution >= 0.6 is 0 Å². The van der Waals surface area contributed by atoms with Gasteiger partial charge in [0.25, 0.3) is 5.91 Å². The minimum absolute atomic E-state index is 0.0243. The minimum atomic E-state index is -0.637. The summed E-state index contributed by atoms with van der Waals surface area (Å²) in [5.74, 6) is -0.361. The minimum Gasteiger partial charge on any atom is -0.422 e. The van der Waals surface area contributed by atoms with E-state index in [1.54, 1.807) is 34.1 Å².